The minimum absolute atomic E-state index is 0.0142. The Kier molecular flexibility index (Phi) is 5.30. The molecule has 3 aromatic rings. The van der Waals surface area contributed by atoms with Gasteiger partial charge < -0.3 is 15.0 Å². The lowest BCUT2D eigenvalue weighted by atomic mass is 9.97. The summed E-state index contributed by atoms with van der Waals surface area (Å²) in [6.07, 6.45) is 1.72. The molecule has 1 fully saturated rings. The number of piperidine rings is 1. The maximum atomic E-state index is 12.8. The Hall–Kier alpha value is -2.86. The topological polar surface area (TPSA) is 67.4 Å². The number of nitrogens with one attached hydrogen (secondary N) is 1. The molecule has 1 atom stereocenters. The van der Waals surface area contributed by atoms with Crippen molar-refractivity contribution < 1.29 is 9.53 Å². The number of anilines is 2. The van der Waals surface area contributed by atoms with Gasteiger partial charge >= 0.3 is 0 Å². The fourth-order valence-corrected chi connectivity index (χ4v) is 3.70. The van der Waals surface area contributed by atoms with Crippen LogP contribution in [-0.2, 0) is 4.79 Å². The van der Waals surface area contributed by atoms with Crippen LogP contribution in [0.15, 0.2) is 48.5 Å². The second-order valence-electron chi connectivity index (χ2n) is 6.83. The zero-order chi connectivity index (χ0) is 19.5. The van der Waals surface area contributed by atoms with E-state index in [4.69, 9.17) is 21.3 Å². The Labute approximate surface area is 168 Å². The number of amides is 1. The van der Waals surface area contributed by atoms with E-state index in [-0.39, 0.29) is 11.8 Å². The molecule has 0 bridgehead atoms. The third-order valence-electron chi connectivity index (χ3n) is 4.90. The Morgan fingerprint density at radius 3 is 2.71 bits per heavy atom. The first-order valence-corrected chi connectivity index (χ1v) is 9.64. The van der Waals surface area contributed by atoms with Gasteiger partial charge in [0.15, 0.2) is 5.82 Å². The SMILES string of the molecule is COc1nc2ccccc2nc1N1CCC[C@H](C(=O)Nc2cccc(Cl)c2)C1. The van der Waals surface area contributed by atoms with Gasteiger partial charge in [-0.15, -0.1) is 0 Å². The summed E-state index contributed by atoms with van der Waals surface area (Å²) in [4.78, 5) is 24.2. The lowest BCUT2D eigenvalue weighted by Crippen LogP contribution is -2.41. The van der Waals surface area contributed by atoms with E-state index in [2.05, 4.69) is 15.2 Å². The van der Waals surface area contributed by atoms with Crippen LogP contribution in [0.2, 0.25) is 5.02 Å². The minimum atomic E-state index is -0.147. The maximum absolute atomic E-state index is 12.8. The number of fused-ring (bicyclic) bond motifs is 1. The van der Waals surface area contributed by atoms with E-state index in [0.29, 0.717) is 29.0 Å². The molecular formula is C21H21ClN4O2. The maximum Gasteiger partial charge on any atom is 0.257 e. The van der Waals surface area contributed by atoms with Crippen molar-refractivity contribution in [2.45, 2.75) is 12.8 Å². The largest absolute Gasteiger partial charge is 0.478 e. The van der Waals surface area contributed by atoms with Crippen molar-refractivity contribution in [3.05, 3.63) is 53.6 Å². The second-order valence-corrected chi connectivity index (χ2v) is 7.27. The van der Waals surface area contributed by atoms with Crippen molar-refractivity contribution in [1.29, 1.82) is 0 Å². The zero-order valence-electron chi connectivity index (χ0n) is 15.6. The molecule has 1 aliphatic rings. The molecule has 6 nitrogen and oxygen atoms in total. The van der Waals surface area contributed by atoms with Gasteiger partial charge in [-0.3, -0.25) is 4.79 Å². The van der Waals surface area contributed by atoms with Crippen molar-refractivity contribution >= 4 is 40.0 Å². The standard InChI is InChI=1S/C21H21ClN4O2/c1-28-21-19(24-17-9-2-3-10-18(17)25-21)26-11-5-6-14(13-26)20(27)23-16-8-4-7-15(22)12-16/h2-4,7-10,12,14H,5-6,11,13H2,1H3,(H,23,27)/t14-/m0/s1. The Morgan fingerprint density at radius 1 is 1.18 bits per heavy atom. The summed E-state index contributed by atoms with van der Waals surface area (Å²) in [5.41, 5.74) is 2.30. The summed E-state index contributed by atoms with van der Waals surface area (Å²) in [5, 5.41) is 3.56. The molecule has 1 saturated heterocycles. The molecule has 0 aliphatic carbocycles. The molecule has 144 valence electrons. The van der Waals surface area contributed by atoms with Crippen LogP contribution >= 0.6 is 11.6 Å². The van der Waals surface area contributed by atoms with Crippen LogP contribution in [0.3, 0.4) is 0 Å². The zero-order valence-corrected chi connectivity index (χ0v) is 16.3. The van der Waals surface area contributed by atoms with Gasteiger partial charge in [0, 0.05) is 23.8 Å². The quantitative estimate of drug-likeness (QED) is 0.717. The molecule has 7 heteroatoms. The fraction of sp³-hybridized carbons (Fsp3) is 0.286. The van der Waals surface area contributed by atoms with Crippen molar-refractivity contribution in [2.24, 2.45) is 5.92 Å². The number of para-hydroxylation sites is 2. The normalized spacial score (nSPS) is 16.8. The number of carbonyl (C=O) groups is 1. The van der Waals surface area contributed by atoms with Gasteiger partial charge in [-0.05, 0) is 43.2 Å². The molecule has 4 rings (SSSR count). The highest BCUT2D eigenvalue weighted by atomic mass is 35.5. The van der Waals surface area contributed by atoms with Crippen LogP contribution < -0.4 is 15.0 Å². The Balaban J connectivity index is 1.55. The van der Waals surface area contributed by atoms with E-state index in [1.165, 1.54) is 0 Å². The smallest absolute Gasteiger partial charge is 0.257 e. The number of methoxy groups -OCH3 is 1. The number of nitrogens with zero attached hydrogens (tertiary/aromatic N) is 3. The summed E-state index contributed by atoms with van der Waals surface area (Å²) in [6, 6.07) is 14.9. The van der Waals surface area contributed by atoms with Gasteiger partial charge in [-0.2, -0.15) is 0 Å². The highest BCUT2D eigenvalue weighted by Crippen LogP contribution is 2.30. The lowest BCUT2D eigenvalue weighted by molar-refractivity contribution is -0.120. The summed E-state index contributed by atoms with van der Waals surface area (Å²) in [7, 11) is 1.59. The number of rotatable bonds is 4. The van der Waals surface area contributed by atoms with E-state index in [1.807, 2.05) is 36.4 Å². The number of ether oxygens (including phenoxy) is 1. The van der Waals surface area contributed by atoms with Gasteiger partial charge in [0.1, 0.15) is 0 Å². The first-order chi connectivity index (χ1) is 13.6. The molecule has 0 saturated carbocycles. The number of carbonyl (C=O) groups excluding carboxylic acids is 1. The highest BCUT2D eigenvalue weighted by Gasteiger charge is 2.29. The van der Waals surface area contributed by atoms with Gasteiger partial charge in [-0.25, -0.2) is 9.97 Å². The van der Waals surface area contributed by atoms with Crippen LogP contribution in [0.1, 0.15) is 12.8 Å². The van der Waals surface area contributed by atoms with Crippen LogP contribution in [0.25, 0.3) is 11.0 Å². The second kappa shape index (κ2) is 8.02. The van der Waals surface area contributed by atoms with Gasteiger partial charge in [0.05, 0.1) is 24.1 Å². The van der Waals surface area contributed by atoms with Crippen molar-refractivity contribution in [2.75, 3.05) is 30.4 Å². The molecule has 2 aromatic carbocycles. The van der Waals surface area contributed by atoms with Gasteiger partial charge in [0.25, 0.3) is 5.88 Å². The van der Waals surface area contributed by atoms with Crippen LogP contribution in [0.4, 0.5) is 11.5 Å². The molecule has 0 spiro atoms. The number of halogens is 1. The average molecular weight is 397 g/mol. The third kappa shape index (κ3) is 3.87. The molecule has 0 unspecified atom stereocenters. The number of benzene rings is 2. The Morgan fingerprint density at radius 2 is 1.96 bits per heavy atom. The molecular weight excluding hydrogens is 376 g/mol. The van der Waals surface area contributed by atoms with Crippen LogP contribution in [0, 0.1) is 5.92 Å². The summed E-state index contributed by atoms with van der Waals surface area (Å²) in [5.74, 6) is 1.00. The number of hydrogen-bond donors (Lipinski definition) is 1. The summed E-state index contributed by atoms with van der Waals surface area (Å²) in [6.45, 7) is 1.38. The number of aromatic nitrogens is 2. The predicted octanol–water partition coefficient (Wildman–Crippen LogP) is 4.15. The van der Waals surface area contributed by atoms with Crippen molar-refractivity contribution in [1.82, 2.24) is 9.97 Å². The first-order valence-electron chi connectivity index (χ1n) is 9.26. The Bertz CT molecular complexity index is 1010. The van der Waals surface area contributed by atoms with Gasteiger partial charge in [0.2, 0.25) is 5.91 Å². The molecule has 28 heavy (non-hydrogen) atoms. The third-order valence-corrected chi connectivity index (χ3v) is 5.13. The molecule has 1 aliphatic heterocycles. The number of hydrogen-bond acceptors (Lipinski definition) is 5. The minimum Gasteiger partial charge on any atom is -0.478 e. The van der Waals surface area contributed by atoms with Crippen LogP contribution in [0.5, 0.6) is 5.88 Å². The molecule has 1 aromatic heterocycles. The van der Waals surface area contributed by atoms with Crippen molar-refractivity contribution in [3.8, 4) is 5.88 Å². The summed E-state index contributed by atoms with van der Waals surface area (Å²) >= 11 is 6.01. The van der Waals surface area contributed by atoms with Gasteiger partial charge in [-0.1, -0.05) is 29.8 Å². The van der Waals surface area contributed by atoms with Crippen molar-refractivity contribution in [3.63, 3.8) is 0 Å². The van der Waals surface area contributed by atoms with E-state index >= 15 is 0 Å². The van der Waals surface area contributed by atoms with E-state index < -0.39 is 0 Å². The predicted molar refractivity (Wildman–Crippen MR) is 111 cm³/mol. The van der Waals surface area contributed by atoms with Crippen LogP contribution in [-0.4, -0.2) is 36.1 Å². The summed E-state index contributed by atoms with van der Waals surface area (Å²) < 4.78 is 5.48. The fourth-order valence-electron chi connectivity index (χ4n) is 3.51. The highest BCUT2D eigenvalue weighted by molar-refractivity contribution is 6.30. The average Bonchev–Trinajstić information content (AvgIpc) is 2.73. The molecule has 1 N–H and O–H groups in total. The van der Waals surface area contributed by atoms with E-state index in [9.17, 15) is 4.79 Å². The lowest BCUT2D eigenvalue weighted by Gasteiger charge is -2.33. The monoisotopic (exact) mass is 396 g/mol. The van der Waals surface area contributed by atoms with E-state index in [1.54, 1.807) is 19.2 Å². The molecule has 0 radical (unpaired) electrons. The molecule has 1 amide bonds. The first kappa shape index (κ1) is 18.5. The molecule has 2 heterocycles. The van der Waals surface area contributed by atoms with E-state index in [0.717, 1.165) is 30.4 Å².